The van der Waals surface area contributed by atoms with Gasteiger partial charge in [0.05, 0.1) is 44.8 Å². The molecule has 5 rings (SSSR count). The molecule has 0 aliphatic carbocycles. The minimum atomic E-state index is -2.39. The van der Waals surface area contributed by atoms with Gasteiger partial charge in [-0.05, 0) is 105 Å². The van der Waals surface area contributed by atoms with Crippen LogP contribution in [0, 0.1) is 0 Å². The number of fused-ring (bicyclic) bond motifs is 1. The number of amides is 16. The largest absolute Gasteiger partial charge is 0.480 e. The van der Waals surface area contributed by atoms with Crippen LogP contribution in [-0.4, -0.2) is 322 Å². The number of carbonyl (C=O) groups is 18. The SMILES string of the molecule is C=N/C(=C\N)C[C@H](NC(=O)[C@H](CCC(N)=O)NC(=O)[C@H](CO)NC(=O)CNC(=O)COCCOCCNC(=O)CCCCCCCCCCCCCCCc1nnn[nH]1)C(=O)NC(NN(CC(=O)O)CC(=O)O)C(=O)N[C@@H](CCCC)C(=O)N[C@H]1CCC(=O)NCCCC[C@@H](C(N)=O)NC(=O)[C@H](CC(=C)c2ccccc2N)NC(=O)[C@H](CCCNCN)NC(=O)[C@@H](Cc2ccccc2)NC(=O)[C@@H]2C[C@@H](O)CN2C1=O.N. The number of benzene rings is 2. The number of rotatable bonds is 64. The number of unbranched alkanes of at least 4 members (excludes halogenated alkanes) is 13. The van der Waals surface area contributed by atoms with Crippen LogP contribution in [0.3, 0.4) is 0 Å². The van der Waals surface area contributed by atoms with Crippen molar-refractivity contribution in [3.05, 3.63) is 90.0 Å². The second-order valence-corrected chi connectivity index (χ2v) is 35.0. The second kappa shape index (κ2) is 70.1. The monoisotopic (exact) mass is 2040 g/mol. The smallest absolute Gasteiger partial charge is 0.319 e. The van der Waals surface area contributed by atoms with Crippen molar-refractivity contribution in [1.82, 2.24) is 117 Å². The number of hydrogen-bond donors (Lipinski definition) is 26. The number of ether oxygens (including phenoxy) is 2. The minimum absolute atomic E-state index is 0. The fourth-order valence-electron chi connectivity index (χ4n) is 15.6. The topological polar surface area (TPSA) is 825 Å². The molecule has 0 saturated carbocycles. The lowest BCUT2D eigenvalue weighted by Gasteiger charge is -2.32. The molecule has 2 aliphatic heterocycles. The van der Waals surface area contributed by atoms with E-state index in [4.69, 9.17) is 38.1 Å². The Kier molecular flexibility index (Phi) is 59.8. The summed E-state index contributed by atoms with van der Waals surface area (Å²) in [6.07, 6.45) is 9.02. The first kappa shape index (κ1) is 124. The van der Waals surface area contributed by atoms with Gasteiger partial charge < -0.3 is 144 Å². The van der Waals surface area contributed by atoms with Crippen LogP contribution in [0.4, 0.5) is 5.69 Å². The fraction of sp³-hybridized carbons (Fsp3) is 0.613. The number of carboxylic acid groups (broad SMARTS) is 2. The fourth-order valence-corrected chi connectivity index (χ4v) is 15.6. The van der Waals surface area contributed by atoms with Crippen LogP contribution >= 0.6 is 0 Å². The van der Waals surface area contributed by atoms with Crippen LogP contribution in [0.15, 0.2) is 78.1 Å². The molecule has 2 fully saturated rings. The van der Waals surface area contributed by atoms with E-state index in [-0.39, 0.29) is 127 Å². The number of aryl methyl sites for hydroxylation is 1. The molecular weight excluding hydrogens is 1890 g/mol. The number of tetrazole rings is 1. The Morgan fingerprint density at radius 2 is 1.26 bits per heavy atom. The van der Waals surface area contributed by atoms with E-state index in [1.807, 2.05) is 0 Å². The number of aliphatic imine (C=N–C) groups is 1. The van der Waals surface area contributed by atoms with Crippen molar-refractivity contribution in [2.24, 2.45) is 27.9 Å². The molecule has 12 atom stereocenters. The van der Waals surface area contributed by atoms with Crippen LogP contribution in [0.25, 0.3) is 5.57 Å². The van der Waals surface area contributed by atoms with Gasteiger partial charge >= 0.3 is 11.9 Å². The van der Waals surface area contributed by atoms with Gasteiger partial charge in [0, 0.05) is 95.1 Å². The lowest BCUT2D eigenvalue weighted by Crippen LogP contribution is -2.66. The number of aliphatic hydroxyl groups is 2. The highest BCUT2D eigenvalue weighted by molar-refractivity contribution is 6.01. The van der Waals surface area contributed by atoms with Gasteiger partial charge in [0.15, 0.2) is 6.17 Å². The number of aliphatic hydroxyl groups excluding tert-OH is 2. The maximum atomic E-state index is 15.5. The van der Waals surface area contributed by atoms with Gasteiger partial charge in [-0.1, -0.05) is 146 Å². The van der Waals surface area contributed by atoms with Gasteiger partial charge in [0.2, 0.25) is 88.6 Å². The molecule has 2 aliphatic rings. The number of aromatic nitrogens is 4. The first-order valence-corrected chi connectivity index (χ1v) is 48.7. The first-order valence-electron chi connectivity index (χ1n) is 48.7. The van der Waals surface area contributed by atoms with Crippen molar-refractivity contribution >= 4 is 124 Å². The Balaban J connectivity index is 0.0000438. The molecule has 3 aromatic rings. The average molecular weight is 2040 g/mol. The molecule has 0 bridgehead atoms. The lowest BCUT2D eigenvalue weighted by atomic mass is 9.97. The van der Waals surface area contributed by atoms with Gasteiger partial charge in [0.1, 0.15) is 85.9 Å². The van der Waals surface area contributed by atoms with Gasteiger partial charge in [-0.3, -0.25) is 91.3 Å². The molecule has 806 valence electrons. The number of primary amides is 2. The molecule has 16 amide bonds. The summed E-state index contributed by atoms with van der Waals surface area (Å²) < 4.78 is 10.8. The number of H-pyrrole nitrogens is 1. The normalized spacial score (nSPS) is 18.3. The number of carboxylic acids is 2. The third-order valence-corrected chi connectivity index (χ3v) is 23.4. The van der Waals surface area contributed by atoms with Crippen molar-refractivity contribution in [3.63, 3.8) is 0 Å². The summed E-state index contributed by atoms with van der Waals surface area (Å²) in [4.78, 5) is 255. The molecule has 2 aromatic carbocycles. The van der Waals surface area contributed by atoms with Crippen LogP contribution in [0.5, 0.6) is 0 Å². The highest BCUT2D eigenvalue weighted by Crippen LogP contribution is 2.26. The van der Waals surface area contributed by atoms with E-state index in [1.165, 1.54) is 51.4 Å². The number of aliphatic carboxylic acids is 2. The van der Waals surface area contributed by atoms with E-state index in [9.17, 15) is 82.8 Å². The molecule has 2 saturated heterocycles. The van der Waals surface area contributed by atoms with E-state index in [0.29, 0.717) is 34.6 Å². The molecule has 33 N–H and O–H groups in total. The molecule has 0 radical (unpaired) electrons. The second-order valence-electron chi connectivity index (χ2n) is 35.0. The number of para-hydroxylation sites is 1. The van der Waals surface area contributed by atoms with Gasteiger partial charge in [-0.25, -0.2) is 15.5 Å². The van der Waals surface area contributed by atoms with Gasteiger partial charge in [-0.2, -0.15) is 0 Å². The Labute approximate surface area is 841 Å². The highest BCUT2D eigenvalue weighted by Gasteiger charge is 2.45. The number of hydrazine groups is 1. The first-order chi connectivity index (χ1) is 69.1. The van der Waals surface area contributed by atoms with E-state index < -0.39 is 251 Å². The molecule has 0 spiro atoms. The Bertz CT molecular complexity index is 4660. The predicted molar refractivity (Wildman–Crippen MR) is 528 cm³/mol. The number of nitrogen functional groups attached to an aromatic ring is 1. The van der Waals surface area contributed by atoms with Gasteiger partial charge in [-0.15, -0.1) is 5.10 Å². The van der Waals surface area contributed by atoms with Crippen molar-refractivity contribution in [1.29, 1.82) is 0 Å². The Morgan fingerprint density at radius 3 is 1.88 bits per heavy atom. The van der Waals surface area contributed by atoms with Crippen molar-refractivity contribution < 1.29 is 116 Å². The summed E-state index contributed by atoms with van der Waals surface area (Å²) in [5.74, 6) is -18.8. The van der Waals surface area contributed by atoms with E-state index in [2.05, 4.69) is 119 Å². The zero-order chi connectivity index (χ0) is 106. The third kappa shape index (κ3) is 49.5. The average Bonchev–Trinajstić information content (AvgIpc) is 1.65. The maximum Gasteiger partial charge on any atom is 0.319 e. The van der Waals surface area contributed by atoms with E-state index in [0.717, 1.165) is 55.4 Å². The summed E-state index contributed by atoms with van der Waals surface area (Å²) >= 11 is 0. The van der Waals surface area contributed by atoms with E-state index >= 15 is 24.0 Å². The zero-order valence-electron chi connectivity index (χ0n) is 82.5. The molecule has 52 nitrogen and oxygen atoms in total. The summed E-state index contributed by atoms with van der Waals surface area (Å²) in [7, 11) is 0. The third-order valence-electron chi connectivity index (χ3n) is 23.4. The number of anilines is 1. The van der Waals surface area contributed by atoms with Crippen LogP contribution < -0.4 is 115 Å². The Hall–Kier alpha value is -13.6. The van der Waals surface area contributed by atoms with Crippen LogP contribution in [0.2, 0.25) is 0 Å². The number of aromatic amines is 1. The molecule has 3 heterocycles. The van der Waals surface area contributed by atoms with Crippen LogP contribution in [-0.2, 0) is 109 Å². The quantitative estimate of drug-likeness (QED) is 0.00832. The summed E-state index contributed by atoms with van der Waals surface area (Å²) in [5, 5.41) is 91.5. The molecule has 1 aromatic heterocycles. The number of hydrogen-bond acceptors (Lipinski definition) is 33. The zero-order valence-corrected chi connectivity index (χ0v) is 82.5. The molecule has 145 heavy (non-hydrogen) atoms. The minimum Gasteiger partial charge on any atom is -0.480 e. The highest BCUT2D eigenvalue weighted by atomic mass is 16.5. The number of nitrogens with two attached hydrogens (primary N) is 5. The van der Waals surface area contributed by atoms with Gasteiger partial charge in [0.25, 0.3) is 5.91 Å². The molecule has 52 heteroatoms. The molecular formula is C93H150N28O24. The van der Waals surface area contributed by atoms with Crippen molar-refractivity contribution in [2.45, 2.75) is 279 Å². The van der Waals surface area contributed by atoms with Crippen molar-refractivity contribution in [2.75, 3.05) is 91.3 Å². The predicted octanol–water partition coefficient (Wildman–Crippen LogP) is -4.51. The maximum absolute atomic E-state index is 15.5. The van der Waals surface area contributed by atoms with Crippen LogP contribution in [0.1, 0.15) is 210 Å². The summed E-state index contributed by atoms with van der Waals surface area (Å²) in [6.45, 7) is 4.33. The number of carbonyl (C=O) groups excluding carboxylic acids is 16. The number of nitrogens with zero attached hydrogens (tertiary/aromatic N) is 6. The Morgan fingerprint density at radius 1 is 0.648 bits per heavy atom. The summed E-state index contributed by atoms with van der Waals surface area (Å²) in [5.41, 5.74) is 32.8. The molecule has 1 unspecified atom stereocenters. The van der Waals surface area contributed by atoms with Crippen molar-refractivity contribution in [3.8, 4) is 0 Å². The van der Waals surface area contributed by atoms with E-state index in [1.54, 1.807) is 61.5 Å². The number of nitrogens with one attached hydrogen (secondary N) is 16. The lowest BCUT2D eigenvalue weighted by molar-refractivity contribution is -0.146. The standard InChI is InChI=1S/C93H147N27O24.H3N/c1-4-5-31-65(84(133)109-68-37-39-77(125)101-41-25-24-32-64(82(98)132)105-87(136)69(46-58(2)62-29-22-23-30-63(62)96)110-85(134)66(33-26-40-100-57-95)106-88(137)70(47-59-27-18-17-19-28-59)112-91(140)73-49-61(122)52-120(73)93(68)142)108-92(141)83(116-119(53-80(128)129)54-81(130)131)113-89(138)71(48-60(50-94)99-3)111-86(135)67(36-38-74(97)123)107-90(139)72(55-121)104-78(126)51-103-79(127)56-144-45-44-143-43-42-102-76(124)35-21-16-14-12-10-8-6-7-9-11-13-15-20-34-75-114-117-118-115-75;/h17-19,22-23,27-30,50,61,64-73,83,100,116,121-122H,2-16,20-21,24-26,31-49,51-57,94-96H2,1H3,(H2,97,123)(H2,98,132)(H,101,125)(H,102,124)(H,103,127)(H,104,126)(H,105,136)(H,106,137)(H,107,139)(H,108,141)(H,109,133)(H,110,134)(H,111,135)(H,112,140)(H,113,138)(H,128,129)(H,130,131)(H,114,115,117,118);1H3/b60-50-;/t61-,64+,65+,66+,67+,68+,69+,70-,71+,72+,73+,83?;/m1./s1. The summed E-state index contributed by atoms with van der Waals surface area (Å²) in [6, 6.07) is -2.18.